The molecule has 0 saturated heterocycles. The van der Waals surface area contributed by atoms with Crippen molar-refractivity contribution in [1.29, 1.82) is 0 Å². The Hall–Kier alpha value is -1.28. The summed E-state index contributed by atoms with van der Waals surface area (Å²) in [6.45, 7) is 7.41. The highest BCUT2D eigenvalue weighted by Gasteiger charge is 1.93. The van der Waals surface area contributed by atoms with E-state index < -0.39 is 0 Å². The van der Waals surface area contributed by atoms with E-state index in [1.807, 2.05) is 6.07 Å². The van der Waals surface area contributed by atoms with Gasteiger partial charge in [0.1, 0.15) is 6.26 Å². The molecule has 0 heterocycles. The van der Waals surface area contributed by atoms with E-state index in [2.05, 4.69) is 49.6 Å². The van der Waals surface area contributed by atoms with Crippen molar-refractivity contribution in [3.8, 4) is 0 Å². The van der Waals surface area contributed by atoms with Gasteiger partial charge in [-0.2, -0.15) is 0 Å². The van der Waals surface area contributed by atoms with Crippen LogP contribution in [0.2, 0.25) is 0 Å². The van der Waals surface area contributed by atoms with Crippen molar-refractivity contribution in [1.82, 2.24) is 0 Å². The molecule has 0 aromatic heterocycles. The van der Waals surface area contributed by atoms with Crippen molar-refractivity contribution in [2.45, 2.75) is 19.8 Å². The maximum atomic E-state index is 7.26. The number of rotatable bonds is 2. The molecule has 0 radical (unpaired) electrons. The van der Waals surface area contributed by atoms with Gasteiger partial charge in [-0.15, -0.1) is 0 Å². The summed E-state index contributed by atoms with van der Waals surface area (Å²) in [5.41, 5.74) is 1.41. The standard InChI is InChI=1S/C9H12.C2H4O2/c1-8(2)9-6-4-3-5-7-9;1-2-4-3/h3-8H,1-2H3;2-3H,1H2. The van der Waals surface area contributed by atoms with Crippen molar-refractivity contribution in [3.05, 3.63) is 48.7 Å². The number of benzene rings is 1. The fourth-order valence-electron chi connectivity index (χ4n) is 0.838. The minimum absolute atomic E-state index is 0.659. The fourth-order valence-corrected chi connectivity index (χ4v) is 0.838. The van der Waals surface area contributed by atoms with Crippen LogP contribution in [0.1, 0.15) is 25.3 Å². The summed E-state index contributed by atoms with van der Waals surface area (Å²) >= 11 is 0. The zero-order chi connectivity index (χ0) is 10.1. The second-order valence-electron chi connectivity index (χ2n) is 2.84. The van der Waals surface area contributed by atoms with E-state index in [0.717, 1.165) is 6.26 Å². The Morgan fingerprint density at radius 3 is 2.00 bits per heavy atom. The quantitative estimate of drug-likeness (QED) is 0.429. The zero-order valence-electron chi connectivity index (χ0n) is 8.10. The third-order valence-electron chi connectivity index (χ3n) is 1.54. The van der Waals surface area contributed by atoms with E-state index in [4.69, 9.17) is 5.26 Å². The molecule has 2 nitrogen and oxygen atoms in total. The fraction of sp³-hybridized carbons (Fsp3) is 0.273. The third-order valence-corrected chi connectivity index (χ3v) is 1.54. The van der Waals surface area contributed by atoms with Crippen molar-refractivity contribution in [2.24, 2.45) is 0 Å². The summed E-state index contributed by atoms with van der Waals surface area (Å²) < 4.78 is 0. The summed E-state index contributed by atoms with van der Waals surface area (Å²) in [6.07, 6.45) is 0.931. The first-order chi connectivity index (χ1) is 6.22. The van der Waals surface area contributed by atoms with Gasteiger partial charge in [0.15, 0.2) is 0 Å². The van der Waals surface area contributed by atoms with Gasteiger partial charge < -0.3 is 4.89 Å². The molecule has 0 aliphatic rings. The molecule has 72 valence electrons. The summed E-state index contributed by atoms with van der Waals surface area (Å²) in [7, 11) is 0. The highest BCUT2D eigenvalue weighted by atomic mass is 17.1. The molecule has 1 N–H and O–H groups in total. The summed E-state index contributed by atoms with van der Waals surface area (Å²) in [6, 6.07) is 10.5. The molecule has 0 bridgehead atoms. The van der Waals surface area contributed by atoms with Crippen LogP contribution in [-0.4, -0.2) is 5.26 Å². The van der Waals surface area contributed by atoms with Crippen LogP contribution in [0.4, 0.5) is 0 Å². The Kier molecular flexibility index (Phi) is 6.65. The van der Waals surface area contributed by atoms with Gasteiger partial charge in [-0.25, -0.2) is 5.26 Å². The third kappa shape index (κ3) is 5.93. The first-order valence-corrected chi connectivity index (χ1v) is 4.18. The second kappa shape index (κ2) is 7.37. The highest BCUT2D eigenvalue weighted by molar-refractivity contribution is 5.17. The largest absolute Gasteiger partial charge is 0.349 e. The molecule has 2 heteroatoms. The second-order valence-corrected chi connectivity index (χ2v) is 2.84. The van der Waals surface area contributed by atoms with E-state index in [0.29, 0.717) is 5.92 Å². The van der Waals surface area contributed by atoms with Crippen LogP contribution in [0.5, 0.6) is 0 Å². The smallest absolute Gasteiger partial charge is 0.122 e. The lowest BCUT2D eigenvalue weighted by atomic mass is 10.0. The van der Waals surface area contributed by atoms with E-state index >= 15 is 0 Å². The number of hydrogen-bond acceptors (Lipinski definition) is 2. The molecule has 0 amide bonds. The maximum absolute atomic E-state index is 7.26. The molecule has 1 rings (SSSR count). The molecular formula is C11H16O2. The Morgan fingerprint density at radius 2 is 1.77 bits per heavy atom. The molecule has 1 aromatic rings. The first-order valence-electron chi connectivity index (χ1n) is 4.18. The minimum atomic E-state index is 0.659. The zero-order valence-corrected chi connectivity index (χ0v) is 8.10. The molecule has 0 aliphatic carbocycles. The predicted molar refractivity (Wildman–Crippen MR) is 54.4 cm³/mol. The monoisotopic (exact) mass is 180 g/mol. The van der Waals surface area contributed by atoms with Gasteiger partial charge in [0.2, 0.25) is 0 Å². The lowest BCUT2D eigenvalue weighted by Crippen LogP contribution is -1.83. The van der Waals surface area contributed by atoms with E-state index in [9.17, 15) is 0 Å². The van der Waals surface area contributed by atoms with Crippen LogP contribution in [-0.2, 0) is 4.89 Å². The topological polar surface area (TPSA) is 29.5 Å². The van der Waals surface area contributed by atoms with Gasteiger partial charge in [0, 0.05) is 0 Å². The summed E-state index contributed by atoms with van der Waals surface area (Å²) in [5, 5.41) is 7.26. The molecule has 0 fully saturated rings. The Morgan fingerprint density at radius 1 is 1.31 bits per heavy atom. The van der Waals surface area contributed by atoms with Gasteiger partial charge in [-0.3, -0.25) is 0 Å². The Balaban J connectivity index is 0.000000310. The average molecular weight is 180 g/mol. The van der Waals surface area contributed by atoms with Crippen molar-refractivity contribution < 1.29 is 10.1 Å². The van der Waals surface area contributed by atoms with Crippen LogP contribution in [0.3, 0.4) is 0 Å². The molecule has 0 atom stereocenters. The van der Waals surface area contributed by atoms with Crippen LogP contribution in [0.15, 0.2) is 43.2 Å². The van der Waals surface area contributed by atoms with Gasteiger partial charge >= 0.3 is 0 Å². The van der Waals surface area contributed by atoms with Crippen molar-refractivity contribution in [3.63, 3.8) is 0 Å². The van der Waals surface area contributed by atoms with Crippen LogP contribution in [0.25, 0.3) is 0 Å². The lowest BCUT2D eigenvalue weighted by molar-refractivity contribution is -0.186. The summed E-state index contributed by atoms with van der Waals surface area (Å²) in [4.78, 5) is 3.31. The molecule has 0 spiro atoms. The first kappa shape index (κ1) is 11.7. The SMILES string of the molecule is C=COO.CC(C)c1ccccc1. The van der Waals surface area contributed by atoms with Gasteiger partial charge in [-0.1, -0.05) is 50.8 Å². The van der Waals surface area contributed by atoms with Crippen molar-refractivity contribution in [2.75, 3.05) is 0 Å². The van der Waals surface area contributed by atoms with E-state index in [1.54, 1.807) is 0 Å². The molecule has 0 unspecified atom stereocenters. The Labute approximate surface area is 79.4 Å². The van der Waals surface area contributed by atoms with Crippen molar-refractivity contribution >= 4 is 0 Å². The van der Waals surface area contributed by atoms with E-state index in [-0.39, 0.29) is 0 Å². The normalized spacial score (nSPS) is 8.62. The summed E-state index contributed by atoms with van der Waals surface area (Å²) in [5.74, 6) is 0.659. The highest BCUT2D eigenvalue weighted by Crippen LogP contribution is 2.11. The van der Waals surface area contributed by atoms with Crippen LogP contribution < -0.4 is 0 Å². The average Bonchev–Trinajstić information content (AvgIpc) is 2.19. The maximum Gasteiger partial charge on any atom is 0.122 e. The van der Waals surface area contributed by atoms with Crippen LogP contribution in [0, 0.1) is 0 Å². The minimum Gasteiger partial charge on any atom is -0.349 e. The number of hydrogen-bond donors (Lipinski definition) is 1. The van der Waals surface area contributed by atoms with Crippen LogP contribution >= 0.6 is 0 Å². The molecule has 1 aromatic carbocycles. The van der Waals surface area contributed by atoms with Gasteiger partial charge in [-0.05, 0) is 11.5 Å². The predicted octanol–water partition coefficient (Wildman–Crippen LogP) is 3.43. The Bertz CT molecular complexity index is 217. The molecule has 0 aliphatic heterocycles. The molecule has 0 saturated carbocycles. The van der Waals surface area contributed by atoms with E-state index in [1.165, 1.54) is 5.56 Å². The molecular weight excluding hydrogens is 164 g/mol. The lowest BCUT2D eigenvalue weighted by Gasteiger charge is -2.01. The molecule has 13 heavy (non-hydrogen) atoms. The van der Waals surface area contributed by atoms with Gasteiger partial charge in [0.05, 0.1) is 0 Å². The van der Waals surface area contributed by atoms with Gasteiger partial charge in [0.25, 0.3) is 0 Å².